The van der Waals surface area contributed by atoms with E-state index in [0.29, 0.717) is 0 Å². The third-order valence-corrected chi connectivity index (χ3v) is 3.26. The van der Waals surface area contributed by atoms with E-state index >= 15 is 0 Å². The van der Waals surface area contributed by atoms with E-state index in [2.05, 4.69) is 23.3 Å². The molecule has 0 aliphatic rings. The summed E-state index contributed by atoms with van der Waals surface area (Å²) in [6.45, 7) is 1.25. The number of aliphatic hydroxyl groups is 1. The predicted molar refractivity (Wildman–Crippen MR) is 83.4 cm³/mol. The molecule has 0 saturated carbocycles. The molecule has 4 atom stereocenters. The second-order valence-corrected chi connectivity index (χ2v) is 5.29. The summed E-state index contributed by atoms with van der Waals surface area (Å²) in [5, 5.41) is 22.8. The van der Waals surface area contributed by atoms with Gasteiger partial charge in [0, 0.05) is 12.2 Å². The highest BCUT2D eigenvalue weighted by molar-refractivity contribution is 7.80. The third kappa shape index (κ3) is 7.81. The van der Waals surface area contributed by atoms with Crippen molar-refractivity contribution >= 4 is 36.3 Å². The van der Waals surface area contributed by atoms with Crippen LogP contribution in [0.25, 0.3) is 0 Å². The molecule has 0 bridgehead atoms. The fourth-order valence-electron chi connectivity index (χ4n) is 1.54. The van der Waals surface area contributed by atoms with E-state index in [9.17, 15) is 24.3 Å². The van der Waals surface area contributed by atoms with Crippen LogP contribution in [-0.4, -0.2) is 63.9 Å². The molecule has 0 saturated heterocycles. The highest BCUT2D eigenvalue weighted by Gasteiger charge is 2.30. The monoisotopic (exact) mass is 350 g/mol. The summed E-state index contributed by atoms with van der Waals surface area (Å²) in [4.78, 5) is 45.3. The lowest BCUT2D eigenvalue weighted by atomic mass is 10.1. The van der Waals surface area contributed by atoms with Crippen molar-refractivity contribution in [2.24, 2.45) is 11.5 Å². The zero-order valence-corrected chi connectivity index (χ0v) is 13.5. The molecule has 0 unspecified atom stereocenters. The van der Waals surface area contributed by atoms with Crippen LogP contribution >= 0.6 is 12.6 Å². The first-order valence-electron chi connectivity index (χ1n) is 6.76. The Morgan fingerprint density at radius 1 is 1.17 bits per heavy atom. The van der Waals surface area contributed by atoms with Crippen LogP contribution in [-0.2, 0) is 19.2 Å². The highest BCUT2D eigenvalue weighted by Crippen LogP contribution is 2.00. The molecule has 0 radical (unpaired) electrons. The lowest BCUT2D eigenvalue weighted by Crippen LogP contribution is -2.58. The fourth-order valence-corrected chi connectivity index (χ4v) is 1.79. The van der Waals surface area contributed by atoms with Crippen molar-refractivity contribution < 1.29 is 29.4 Å². The zero-order valence-electron chi connectivity index (χ0n) is 12.6. The molecule has 132 valence electrons. The first-order chi connectivity index (χ1) is 10.6. The van der Waals surface area contributed by atoms with Crippen LogP contribution in [0.2, 0.25) is 0 Å². The van der Waals surface area contributed by atoms with Crippen LogP contribution in [0.3, 0.4) is 0 Å². The summed E-state index contributed by atoms with van der Waals surface area (Å²) in [5.74, 6) is -3.76. The molecule has 0 aromatic heterocycles. The van der Waals surface area contributed by atoms with E-state index in [0.717, 1.165) is 0 Å². The van der Waals surface area contributed by atoms with Gasteiger partial charge in [0.2, 0.25) is 17.7 Å². The van der Waals surface area contributed by atoms with Gasteiger partial charge < -0.3 is 32.3 Å². The minimum Gasteiger partial charge on any atom is -0.480 e. The average Bonchev–Trinajstić information content (AvgIpc) is 2.46. The molecular weight excluding hydrogens is 328 g/mol. The van der Waals surface area contributed by atoms with E-state index in [1.807, 2.05) is 0 Å². The number of amides is 3. The van der Waals surface area contributed by atoms with Gasteiger partial charge in [-0.15, -0.1) is 0 Å². The number of hydrogen-bond acceptors (Lipinski definition) is 7. The summed E-state index contributed by atoms with van der Waals surface area (Å²) in [6.07, 6.45) is -1.43. The van der Waals surface area contributed by atoms with Gasteiger partial charge in [0.1, 0.15) is 12.1 Å². The maximum atomic E-state index is 12.0. The van der Waals surface area contributed by atoms with E-state index in [1.165, 1.54) is 6.92 Å². The molecule has 0 rings (SSSR count). The van der Waals surface area contributed by atoms with Gasteiger partial charge in [-0.25, -0.2) is 4.79 Å². The van der Waals surface area contributed by atoms with Crippen molar-refractivity contribution in [3.8, 4) is 0 Å². The predicted octanol–water partition coefficient (Wildman–Crippen LogP) is -3.06. The molecule has 0 heterocycles. The van der Waals surface area contributed by atoms with Crippen LogP contribution < -0.4 is 22.1 Å². The summed E-state index contributed by atoms with van der Waals surface area (Å²) in [5.41, 5.74) is 10.5. The third-order valence-electron chi connectivity index (χ3n) is 2.90. The summed E-state index contributed by atoms with van der Waals surface area (Å²) in [6, 6.07) is -3.77. The first kappa shape index (κ1) is 21.1. The Morgan fingerprint density at radius 2 is 1.74 bits per heavy atom. The Balaban J connectivity index is 4.79. The van der Waals surface area contributed by atoms with Gasteiger partial charge in [0.15, 0.2) is 0 Å². The number of rotatable bonds is 10. The number of aliphatic hydroxyl groups excluding tert-OH is 1. The molecule has 8 N–H and O–H groups in total. The Bertz CT molecular complexity index is 459. The van der Waals surface area contributed by atoms with Gasteiger partial charge in [-0.2, -0.15) is 12.6 Å². The Morgan fingerprint density at radius 3 is 2.13 bits per heavy atom. The average molecular weight is 350 g/mol. The largest absolute Gasteiger partial charge is 0.480 e. The number of aliphatic carboxylic acids is 1. The van der Waals surface area contributed by atoms with E-state index < -0.39 is 47.9 Å². The molecule has 0 spiro atoms. The normalized spacial score (nSPS) is 15.8. The molecule has 0 aromatic rings. The molecule has 0 aliphatic carbocycles. The van der Waals surface area contributed by atoms with Crippen molar-refractivity contribution in [1.82, 2.24) is 10.6 Å². The maximum Gasteiger partial charge on any atom is 0.327 e. The fraction of sp³-hybridized carbons (Fsp3) is 0.667. The molecule has 23 heavy (non-hydrogen) atoms. The molecule has 10 nitrogen and oxygen atoms in total. The topological polar surface area (TPSA) is 185 Å². The van der Waals surface area contributed by atoms with E-state index in [1.54, 1.807) is 0 Å². The van der Waals surface area contributed by atoms with Crippen LogP contribution in [0.15, 0.2) is 0 Å². The molecular formula is C12H22N4O6S. The highest BCUT2D eigenvalue weighted by atomic mass is 32.1. The molecule has 3 amide bonds. The van der Waals surface area contributed by atoms with Gasteiger partial charge in [-0.3, -0.25) is 14.4 Å². The molecule has 0 aliphatic heterocycles. The standard InChI is InChI=1S/C12H22N4O6S/c1-5(17)9(11(20)15-7(4-23)12(21)22)16-10(19)6(13)2-3-8(14)18/h5-7,9,17,23H,2-4,13H2,1H3,(H2,14,18)(H,15,20)(H,16,19)(H,21,22)/t5-,6+,7+,9+/m1/s1. The van der Waals surface area contributed by atoms with Gasteiger partial charge in [-0.1, -0.05) is 0 Å². The maximum absolute atomic E-state index is 12.0. The van der Waals surface area contributed by atoms with Gasteiger partial charge in [0.05, 0.1) is 12.1 Å². The van der Waals surface area contributed by atoms with Crippen LogP contribution in [0.5, 0.6) is 0 Å². The molecule has 11 heteroatoms. The zero-order chi connectivity index (χ0) is 18.2. The minimum absolute atomic E-state index is 0.0241. The molecule has 0 aromatic carbocycles. The van der Waals surface area contributed by atoms with Crippen molar-refractivity contribution in [3.63, 3.8) is 0 Å². The van der Waals surface area contributed by atoms with Gasteiger partial charge in [0.25, 0.3) is 0 Å². The van der Waals surface area contributed by atoms with Crippen molar-refractivity contribution in [3.05, 3.63) is 0 Å². The Kier molecular flexibility index (Phi) is 9.22. The number of hydrogen-bond donors (Lipinski definition) is 7. The van der Waals surface area contributed by atoms with Crippen LogP contribution in [0.4, 0.5) is 0 Å². The SMILES string of the molecule is C[C@@H](O)[C@H](NC(=O)[C@@H](N)CCC(N)=O)C(=O)N[C@@H](CS)C(=O)O. The van der Waals surface area contributed by atoms with Crippen LogP contribution in [0, 0.1) is 0 Å². The Labute approximate surface area is 138 Å². The number of carbonyl (C=O) groups excluding carboxylic acids is 3. The number of carboxylic acid groups (broad SMARTS) is 1. The second-order valence-electron chi connectivity index (χ2n) is 4.92. The number of carbonyl (C=O) groups is 4. The van der Waals surface area contributed by atoms with Crippen LogP contribution in [0.1, 0.15) is 19.8 Å². The number of thiol groups is 1. The minimum atomic E-state index is -1.40. The number of primary amides is 1. The van der Waals surface area contributed by atoms with E-state index in [4.69, 9.17) is 16.6 Å². The van der Waals surface area contributed by atoms with Crippen molar-refractivity contribution in [2.75, 3.05) is 5.75 Å². The number of nitrogens with two attached hydrogens (primary N) is 2. The summed E-state index contributed by atoms with van der Waals surface area (Å²) >= 11 is 3.79. The number of carboxylic acids is 1. The van der Waals surface area contributed by atoms with Gasteiger partial charge in [-0.05, 0) is 13.3 Å². The quantitative estimate of drug-likeness (QED) is 0.204. The first-order valence-corrected chi connectivity index (χ1v) is 7.39. The number of nitrogens with one attached hydrogen (secondary N) is 2. The summed E-state index contributed by atoms with van der Waals surface area (Å²) in [7, 11) is 0. The Hall–Kier alpha value is -1.85. The summed E-state index contributed by atoms with van der Waals surface area (Å²) < 4.78 is 0. The smallest absolute Gasteiger partial charge is 0.327 e. The molecule has 0 fully saturated rings. The van der Waals surface area contributed by atoms with E-state index in [-0.39, 0.29) is 18.6 Å². The second kappa shape index (κ2) is 10.0. The van der Waals surface area contributed by atoms with Crippen molar-refractivity contribution in [2.45, 2.75) is 44.0 Å². The van der Waals surface area contributed by atoms with Crippen molar-refractivity contribution in [1.29, 1.82) is 0 Å². The lowest BCUT2D eigenvalue weighted by Gasteiger charge is -2.24. The lowest BCUT2D eigenvalue weighted by molar-refractivity contribution is -0.142. The van der Waals surface area contributed by atoms with Gasteiger partial charge >= 0.3 is 5.97 Å².